The molecule has 0 spiro atoms. The zero-order valence-corrected chi connectivity index (χ0v) is 14.2. The van der Waals surface area contributed by atoms with Crippen LogP contribution < -0.4 is 5.32 Å². The Balaban J connectivity index is 2.40. The third-order valence-electron chi connectivity index (χ3n) is 3.34. The Morgan fingerprint density at radius 2 is 1.75 bits per heavy atom. The van der Waals surface area contributed by atoms with Gasteiger partial charge in [-0.25, -0.2) is 0 Å². The molecule has 20 heavy (non-hydrogen) atoms. The summed E-state index contributed by atoms with van der Waals surface area (Å²) in [6.07, 6.45) is 1.12. The number of hydrogen-bond acceptors (Lipinski definition) is 2. The lowest BCUT2D eigenvalue weighted by Gasteiger charge is -2.19. The van der Waals surface area contributed by atoms with Gasteiger partial charge in [-0.3, -0.25) is 0 Å². The van der Waals surface area contributed by atoms with Crippen molar-refractivity contribution in [3.63, 3.8) is 0 Å². The number of hydrogen-bond donors (Lipinski definition) is 1. The minimum Gasteiger partial charge on any atom is -0.306 e. The van der Waals surface area contributed by atoms with E-state index in [4.69, 9.17) is 11.6 Å². The highest BCUT2D eigenvalue weighted by Crippen LogP contribution is 2.34. The number of halogens is 1. The summed E-state index contributed by atoms with van der Waals surface area (Å²) in [7, 11) is 0. The molecular formula is C17H22ClNS. The molecule has 1 nitrogen and oxygen atoms in total. The van der Waals surface area contributed by atoms with Crippen molar-refractivity contribution in [3.8, 4) is 0 Å². The van der Waals surface area contributed by atoms with E-state index in [0.717, 1.165) is 17.3 Å². The van der Waals surface area contributed by atoms with E-state index in [1.807, 2.05) is 0 Å². The molecule has 0 fully saturated rings. The van der Waals surface area contributed by atoms with Crippen molar-refractivity contribution in [2.24, 2.45) is 0 Å². The second-order valence-electron chi connectivity index (χ2n) is 5.41. The zero-order valence-electron chi connectivity index (χ0n) is 12.6. The van der Waals surface area contributed by atoms with Crippen LogP contribution in [-0.2, 0) is 0 Å². The fourth-order valence-electron chi connectivity index (χ4n) is 2.47. The third-order valence-corrected chi connectivity index (χ3v) is 4.96. The van der Waals surface area contributed by atoms with Gasteiger partial charge in [-0.05, 0) is 50.9 Å². The first-order valence-corrected chi connectivity index (χ1v) is 8.28. The lowest BCUT2D eigenvalue weighted by Crippen LogP contribution is -2.22. The third kappa shape index (κ3) is 3.63. The molecule has 3 heteroatoms. The van der Waals surface area contributed by atoms with Crippen LogP contribution in [0.3, 0.4) is 0 Å². The summed E-state index contributed by atoms with van der Waals surface area (Å²) in [4.78, 5) is 1.30. The molecule has 0 radical (unpaired) electrons. The molecule has 108 valence electrons. The average molecular weight is 308 g/mol. The maximum atomic E-state index is 6.25. The van der Waals surface area contributed by atoms with E-state index in [0.29, 0.717) is 0 Å². The topological polar surface area (TPSA) is 12.0 Å². The minimum absolute atomic E-state index is 0.241. The predicted molar refractivity (Wildman–Crippen MR) is 90.1 cm³/mol. The number of aryl methyl sites for hydroxylation is 3. The van der Waals surface area contributed by atoms with E-state index < -0.39 is 0 Å². The van der Waals surface area contributed by atoms with Crippen LogP contribution in [0.25, 0.3) is 0 Å². The summed E-state index contributed by atoms with van der Waals surface area (Å²) in [5, 5.41) is 3.65. The fraction of sp³-hybridized carbons (Fsp3) is 0.412. The van der Waals surface area contributed by atoms with Gasteiger partial charge >= 0.3 is 0 Å². The van der Waals surface area contributed by atoms with Crippen LogP contribution in [0.1, 0.15) is 46.5 Å². The van der Waals surface area contributed by atoms with Gasteiger partial charge in [-0.2, -0.15) is 0 Å². The number of benzene rings is 1. The van der Waals surface area contributed by atoms with Gasteiger partial charge in [-0.1, -0.05) is 47.9 Å². The SMILES string of the molecule is CCCNC(c1cc(C)cc(C)c1)c1cc(C)c(Cl)s1. The Morgan fingerprint density at radius 1 is 1.10 bits per heavy atom. The first-order valence-electron chi connectivity index (χ1n) is 7.08. The molecule has 0 bridgehead atoms. The highest BCUT2D eigenvalue weighted by molar-refractivity contribution is 7.16. The Labute approximate surface area is 131 Å². The number of nitrogens with one attached hydrogen (secondary N) is 1. The first-order chi connectivity index (χ1) is 9.51. The molecule has 0 aliphatic carbocycles. The van der Waals surface area contributed by atoms with Crippen LogP contribution in [0, 0.1) is 20.8 Å². The van der Waals surface area contributed by atoms with Crippen molar-refractivity contribution < 1.29 is 0 Å². The quantitative estimate of drug-likeness (QED) is 0.778. The van der Waals surface area contributed by atoms with Crippen LogP contribution in [0.2, 0.25) is 4.34 Å². The zero-order chi connectivity index (χ0) is 14.7. The molecule has 2 aromatic rings. The van der Waals surface area contributed by atoms with Crippen LogP contribution in [0.15, 0.2) is 24.3 Å². The first kappa shape index (κ1) is 15.6. The van der Waals surface area contributed by atoms with Crippen molar-refractivity contribution in [2.45, 2.75) is 40.2 Å². The molecule has 1 aromatic carbocycles. The number of thiophene rings is 1. The van der Waals surface area contributed by atoms with Crippen LogP contribution in [-0.4, -0.2) is 6.54 Å². The molecule has 1 N–H and O–H groups in total. The van der Waals surface area contributed by atoms with Crippen molar-refractivity contribution in [2.75, 3.05) is 6.54 Å². The summed E-state index contributed by atoms with van der Waals surface area (Å²) < 4.78 is 0.896. The van der Waals surface area contributed by atoms with Crippen LogP contribution >= 0.6 is 22.9 Å². The molecule has 1 aromatic heterocycles. The Bertz CT molecular complexity index is 549. The van der Waals surface area contributed by atoms with Crippen molar-refractivity contribution in [3.05, 3.63) is 55.7 Å². The average Bonchev–Trinajstić information content (AvgIpc) is 2.69. The Kier molecular flexibility index (Phi) is 5.25. The van der Waals surface area contributed by atoms with Crippen LogP contribution in [0.5, 0.6) is 0 Å². The summed E-state index contributed by atoms with van der Waals surface area (Å²) in [6.45, 7) is 9.57. The Hall–Kier alpha value is -0.830. The smallest absolute Gasteiger partial charge is 0.0961 e. The standard InChI is InChI=1S/C17H22ClNS/c1-5-6-19-16(15-10-13(4)17(18)20-15)14-8-11(2)7-12(3)9-14/h7-10,16,19H,5-6H2,1-4H3. The highest BCUT2D eigenvalue weighted by Gasteiger charge is 2.17. The lowest BCUT2D eigenvalue weighted by atomic mass is 10.00. The molecule has 1 atom stereocenters. The van der Waals surface area contributed by atoms with E-state index in [1.54, 1.807) is 11.3 Å². The molecule has 0 saturated heterocycles. The van der Waals surface area contributed by atoms with Crippen molar-refractivity contribution in [1.82, 2.24) is 5.32 Å². The van der Waals surface area contributed by atoms with E-state index in [9.17, 15) is 0 Å². The summed E-state index contributed by atoms with van der Waals surface area (Å²) in [5.74, 6) is 0. The molecule has 2 rings (SSSR count). The summed E-state index contributed by atoms with van der Waals surface area (Å²) >= 11 is 7.93. The number of rotatable bonds is 5. The maximum absolute atomic E-state index is 6.25. The monoisotopic (exact) mass is 307 g/mol. The molecule has 0 saturated carbocycles. The molecule has 1 unspecified atom stereocenters. The minimum atomic E-state index is 0.241. The maximum Gasteiger partial charge on any atom is 0.0961 e. The normalized spacial score (nSPS) is 12.7. The molecule has 0 aliphatic heterocycles. The Morgan fingerprint density at radius 3 is 2.25 bits per heavy atom. The molecule has 0 amide bonds. The van der Waals surface area contributed by atoms with Gasteiger partial charge in [0.15, 0.2) is 0 Å². The van der Waals surface area contributed by atoms with E-state index in [1.165, 1.54) is 27.1 Å². The second-order valence-corrected chi connectivity index (χ2v) is 7.10. The largest absolute Gasteiger partial charge is 0.306 e. The van der Waals surface area contributed by atoms with Gasteiger partial charge in [0.1, 0.15) is 0 Å². The molecular weight excluding hydrogens is 286 g/mol. The van der Waals surface area contributed by atoms with E-state index in [2.05, 4.69) is 57.3 Å². The van der Waals surface area contributed by atoms with E-state index in [-0.39, 0.29) is 6.04 Å². The molecule has 0 aliphatic rings. The van der Waals surface area contributed by atoms with Crippen molar-refractivity contribution >= 4 is 22.9 Å². The van der Waals surface area contributed by atoms with Gasteiger partial charge in [0.2, 0.25) is 0 Å². The molecule has 1 heterocycles. The highest BCUT2D eigenvalue weighted by atomic mass is 35.5. The second kappa shape index (κ2) is 6.75. The van der Waals surface area contributed by atoms with E-state index >= 15 is 0 Å². The van der Waals surface area contributed by atoms with Crippen LogP contribution in [0.4, 0.5) is 0 Å². The van der Waals surface area contributed by atoms with Gasteiger partial charge in [0, 0.05) is 4.88 Å². The van der Waals surface area contributed by atoms with Gasteiger partial charge < -0.3 is 5.32 Å². The fourth-order valence-corrected chi connectivity index (χ4v) is 3.80. The summed E-state index contributed by atoms with van der Waals surface area (Å²) in [6, 6.07) is 9.20. The van der Waals surface area contributed by atoms with Crippen molar-refractivity contribution in [1.29, 1.82) is 0 Å². The van der Waals surface area contributed by atoms with Gasteiger partial charge in [0.25, 0.3) is 0 Å². The lowest BCUT2D eigenvalue weighted by molar-refractivity contribution is 0.605. The summed E-state index contributed by atoms with van der Waals surface area (Å²) in [5.41, 5.74) is 5.11. The van der Waals surface area contributed by atoms with Gasteiger partial charge in [-0.15, -0.1) is 11.3 Å². The van der Waals surface area contributed by atoms with Gasteiger partial charge in [0.05, 0.1) is 10.4 Å². The predicted octanol–water partition coefficient (Wildman–Crippen LogP) is 5.42.